The molecule has 0 saturated carbocycles. The molecule has 68 valence electrons. The quantitative estimate of drug-likeness (QED) is 0.625. The van der Waals surface area contributed by atoms with Gasteiger partial charge in [-0.25, -0.2) is 0 Å². The fraction of sp³-hybridized carbons (Fsp3) is 0.250. The van der Waals surface area contributed by atoms with Gasteiger partial charge in [0.15, 0.2) is 0 Å². The van der Waals surface area contributed by atoms with Crippen molar-refractivity contribution in [1.29, 1.82) is 0 Å². The predicted molar refractivity (Wildman–Crippen MR) is 57.6 cm³/mol. The fourth-order valence-corrected chi connectivity index (χ4v) is 1.12. The Morgan fingerprint density at radius 3 is 2.77 bits per heavy atom. The van der Waals surface area contributed by atoms with E-state index in [9.17, 15) is 0 Å². The highest BCUT2D eigenvalue weighted by atomic mass is 14.7. The molecule has 0 unspecified atom stereocenters. The third-order valence-corrected chi connectivity index (χ3v) is 2.20. The van der Waals surface area contributed by atoms with Gasteiger partial charge >= 0.3 is 0 Å². The van der Waals surface area contributed by atoms with E-state index in [4.69, 9.17) is 0 Å². The van der Waals surface area contributed by atoms with Crippen LogP contribution in [-0.4, -0.2) is 4.98 Å². The second kappa shape index (κ2) is 4.04. The summed E-state index contributed by atoms with van der Waals surface area (Å²) >= 11 is 0. The Balaban J connectivity index is 3.16. The van der Waals surface area contributed by atoms with Crippen LogP contribution in [0.4, 0.5) is 0 Å². The summed E-state index contributed by atoms with van der Waals surface area (Å²) in [6.07, 6.45) is 5.82. The molecular weight excluding hydrogens is 158 g/mol. The number of hydrogen-bond donors (Lipinski definition) is 0. The van der Waals surface area contributed by atoms with E-state index in [1.165, 1.54) is 16.7 Å². The van der Waals surface area contributed by atoms with Crippen molar-refractivity contribution in [2.24, 2.45) is 0 Å². The number of nitrogens with zero attached hydrogens (tertiary/aromatic N) is 1. The number of aromatic nitrogens is 1. The van der Waals surface area contributed by atoms with E-state index < -0.39 is 0 Å². The zero-order valence-corrected chi connectivity index (χ0v) is 8.46. The van der Waals surface area contributed by atoms with E-state index in [0.29, 0.717) is 0 Å². The lowest BCUT2D eigenvalue weighted by molar-refractivity contribution is 1.14. The topological polar surface area (TPSA) is 12.9 Å². The highest BCUT2D eigenvalue weighted by molar-refractivity contribution is 5.58. The van der Waals surface area contributed by atoms with Crippen LogP contribution in [0, 0.1) is 13.8 Å². The van der Waals surface area contributed by atoms with Crippen LogP contribution in [0.15, 0.2) is 30.5 Å². The minimum absolute atomic E-state index is 1.09. The van der Waals surface area contributed by atoms with Crippen LogP contribution in [0.5, 0.6) is 0 Å². The molecule has 13 heavy (non-hydrogen) atoms. The lowest BCUT2D eigenvalue weighted by Crippen LogP contribution is -1.89. The molecule has 0 spiro atoms. The number of pyridine rings is 1. The van der Waals surface area contributed by atoms with Crippen molar-refractivity contribution in [3.63, 3.8) is 0 Å². The van der Waals surface area contributed by atoms with E-state index in [0.717, 1.165) is 5.69 Å². The standard InChI is InChI=1S/C12H15N/c1-5-9(2)8-12-6-7-13-11(4)10(12)3/h5-8H,1H2,2-4H3/b9-8+. The van der Waals surface area contributed by atoms with Gasteiger partial charge < -0.3 is 0 Å². The van der Waals surface area contributed by atoms with E-state index in [1.54, 1.807) is 0 Å². The number of allylic oxidation sites excluding steroid dienone is 2. The van der Waals surface area contributed by atoms with Crippen molar-refractivity contribution in [3.8, 4) is 0 Å². The average molecular weight is 173 g/mol. The zero-order valence-electron chi connectivity index (χ0n) is 8.46. The molecule has 0 radical (unpaired) electrons. The Labute approximate surface area is 79.8 Å². The van der Waals surface area contributed by atoms with E-state index in [1.807, 2.05) is 32.2 Å². The second-order valence-corrected chi connectivity index (χ2v) is 3.20. The first-order valence-electron chi connectivity index (χ1n) is 4.38. The molecule has 1 heteroatoms. The summed E-state index contributed by atoms with van der Waals surface area (Å²) in [5, 5.41) is 0. The van der Waals surface area contributed by atoms with Gasteiger partial charge in [-0.05, 0) is 38.0 Å². The first-order chi connectivity index (χ1) is 6.15. The minimum atomic E-state index is 1.09. The number of rotatable bonds is 2. The van der Waals surface area contributed by atoms with Crippen LogP contribution < -0.4 is 0 Å². The van der Waals surface area contributed by atoms with Gasteiger partial charge in [-0.1, -0.05) is 24.3 Å². The monoisotopic (exact) mass is 173 g/mol. The molecule has 1 heterocycles. The minimum Gasteiger partial charge on any atom is -0.261 e. The second-order valence-electron chi connectivity index (χ2n) is 3.20. The van der Waals surface area contributed by atoms with Crippen molar-refractivity contribution >= 4 is 6.08 Å². The molecule has 1 aromatic heterocycles. The Kier molecular flexibility index (Phi) is 3.02. The van der Waals surface area contributed by atoms with Gasteiger partial charge in [0, 0.05) is 11.9 Å². The van der Waals surface area contributed by atoms with Gasteiger partial charge in [0.05, 0.1) is 0 Å². The molecule has 0 saturated heterocycles. The van der Waals surface area contributed by atoms with Gasteiger partial charge in [0.1, 0.15) is 0 Å². The predicted octanol–water partition coefficient (Wildman–Crippen LogP) is 3.29. The highest BCUT2D eigenvalue weighted by Crippen LogP contribution is 2.14. The summed E-state index contributed by atoms with van der Waals surface area (Å²) in [4.78, 5) is 4.22. The van der Waals surface area contributed by atoms with Crippen molar-refractivity contribution in [2.45, 2.75) is 20.8 Å². The Morgan fingerprint density at radius 2 is 2.15 bits per heavy atom. The summed E-state index contributed by atoms with van der Waals surface area (Å²) < 4.78 is 0. The Morgan fingerprint density at radius 1 is 1.46 bits per heavy atom. The highest BCUT2D eigenvalue weighted by Gasteiger charge is 1.97. The van der Waals surface area contributed by atoms with Crippen molar-refractivity contribution in [2.75, 3.05) is 0 Å². The Bertz CT molecular complexity index is 348. The third kappa shape index (κ3) is 2.28. The molecule has 1 rings (SSSR count). The third-order valence-electron chi connectivity index (χ3n) is 2.20. The molecule has 0 aliphatic heterocycles. The largest absolute Gasteiger partial charge is 0.261 e. The summed E-state index contributed by atoms with van der Waals surface area (Å²) in [6.45, 7) is 9.88. The van der Waals surface area contributed by atoms with E-state index in [-0.39, 0.29) is 0 Å². The summed E-state index contributed by atoms with van der Waals surface area (Å²) in [7, 11) is 0. The van der Waals surface area contributed by atoms with Crippen molar-refractivity contribution in [1.82, 2.24) is 4.98 Å². The van der Waals surface area contributed by atoms with E-state index in [2.05, 4.69) is 24.6 Å². The van der Waals surface area contributed by atoms with Gasteiger partial charge in [0.2, 0.25) is 0 Å². The lowest BCUT2D eigenvalue weighted by atomic mass is 10.1. The molecule has 0 atom stereocenters. The molecule has 0 aliphatic carbocycles. The van der Waals surface area contributed by atoms with E-state index >= 15 is 0 Å². The zero-order chi connectivity index (χ0) is 9.84. The van der Waals surface area contributed by atoms with Crippen LogP contribution in [0.25, 0.3) is 6.08 Å². The SMILES string of the molecule is C=C/C(C)=C/c1ccnc(C)c1C. The van der Waals surface area contributed by atoms with Crippen LogP contribution in [0.1, 0.15) is 23.7 Å². The smallest absolute Gasteiger partial charge is 0.0407 e. The molecule has 0 amide bonds. The molecule has 0 aromatic carbocycles. The van der Waals surface area contributed by atoms with Crippen molar-refractivity contribution < 1.29 is 0 Å². The van der Waals surface area contributed by atoms with Gasteiger partial charge in [-0.3, -0.25) is 4.98 Å². The first-order valence-corrected chi connectivity index (χ1v) is 4.38. The van der Waals surface area contributed by atoms with Gasteiger partial charge in [-0.2, -0.15) is 0 Å². The van der Waals surface area contributed by atoms with Crippen molar-refractivity contribution in [3.05, 3.63) is 47.3 Å². The molecule has 1 aromatic rings. The summed E-state index contributed by atoms with van der Waals surface area (Å²) in [5.74, 6) is 0. The first kappa shape index (κ1) is 9.72. The number of hydrogen-bond acceptors (Lipinski definition) is 1. The molecule has 0 fully saturated rings. The maximum absolute atomic E-state index is 4.22. The molecule has 0 bridgehead atoms. The van der Waals surface area contributed by atoms with Crippen LogP contribution in [-0.2, 0) is 0 Å². The van der Waals surface area contributed by atoms with Crippen LogP contribution >= 0.6 is 0 Å². The number of aryl methyl sites for hydroxylation is 1. The summed E-state index contributed by atoms with van der Waals surface area (Å²) in [6, 6.07) is 2.02. The summed E-state index contributed by atoms with van der Waals surface area (Å²) in [5.41, 5.74) is 4.73. The van der Waals surface area contributed by atoms with Gasteiger partial charge in [-0.15, -0.1) is 0 Å². The Hall–Kier alpha value is -1.37. The average Bonchev–Trinajstić information content (AvgIpc) is 2.13. The molecule has 0 aliphatic rings. The molecule has 1 nitrogen and oxygen atoms in total. The normalized spacial score (nSPS) is 11.5. The lowest BCUT2D eigenvalue weighted by Gasteiger charge is -2.03. The molecular formula is C12H15N. The maximum atomic E-state index is 4.22. The maximum Gasteiger partial charge on any atom is 0.0407 e. The molecule has 0 N–H and O–H groups in total. The fourth-order valence-electron chi connectivity index (χ4n) is 1.12. The van der Waals surface area contributed by atoms with Gasteiger partial charge in [0.25, 0.3) is 0 Å². The van der Waals surface area contributed by atoms with Crippen LogP contribution in [0.3, 0.4) is 0 Å². The van der Waals surface area contributed by atoms with Crippen LogP contribution in [0.2, 0.25) is 0 Å².